The van der Waals surface area contributed by atoms with Gasteiger partial charge in [0.15, 0.2) is 0 Å². The molecule has 0 saturated carbocycles. The standard InChI is InChI=1S/C25H23FO4/c1-17(2)25(27)29-15-14-28-22-10-5-19(6-11-22)20-7-12-23(13-8-20)30-24-16-21(26)9-4-18(24)3/h4-13,16H,1,14-15H2,2-3H3. The average Bonchev–Trinajstić information content (AvgIpc) is 2.74. The van der Waals surface area contributed by atoms with Crippen LogP contribution in [0.2, 0.25) is 0 Å². The molecular formula is C25H23FO4. The van der Waals surface area contributed by atoms with Gasteiger partial charge in [0.25, 0.3) is 0 Å². The molecule has 0 aliphatic rings. The van der Waals surface area contributed by atoms with Crippen LogP contribution in [0.15, 0.2) is 78.9 Å². The maximum Gasteiger partial charge on any atom is 0.333 e. The van der Waals surface area contributed by atoms with E-state index in [1.54, 1.807) is 13.0 Å². The van der Waals surface area contributed by atoms with Crippen molar-refractivity contribution >= 4 is 5.97 Å². The van der Waals surface area contributed by atoms with Crippen molar-refractivity contribution in [1.82, 2.24) is 0 Å². The minimum atomic E-state index is -0.422. The van der Waals surface area contributed by atoms with Gasteiger partial charge in [-0.1, -0.05) is 36.9 Å². The van der Waals surface area contributed by atoms with E-state index in [4.69, 9.17) is 14.2 Å². The molecule has 0 spiro atoms. The van der Waals surface area contributed by atoms with E-state index < -0.39 is 5.97 Å². The summed E-state index contributed by atoms with van der Waals surface area (Å²) >= 11 is 0. The Kier molecular flexibility index (Phi) is 6.86. The Morgan fingerprint density at radius 3 is 2.10 bits per heavy atom. The smallest absolute Gasteiger partial charge is 0.333 e. The van der Waals surface area contributed by atoms with Crippen LogP contribution in [-0.2, 0) is 9.53 Å². The highest BCUT2D eigenvalue weighted by atomic mass is 19.1. The number of halogens is 1. The molecule has 0 aliphatic carbocycles. The number of esters is 1. The molecule has 0 unspecified atom stereocenters. The van der Waals surface area contributed by atoms with Crippen molar-refractivity contribution in [1.29, 1.82) is 0 Å². The summed E-state index contributed by atoms with van der Waals surface area (Å²) in [6, 6.07) is 19.7. The van der Waals surface area contributed by atoms with E-state index in [9.17, 15) is 9.18 Å². The molecule has 30 heavy (non-hydrogen) atoms. The topological polar surface area (TPSA) is 44.8 Å². The maximum atomic E-state index is 13.4. The van der Waals surface area contributed by atoms with E-state index in [1.807, 2.05) is 55.5 Å². The number of ether oxygens (including phenoxy) is 3. The minimum absolute atomic E-state index is 0.166. The van der Waals surface area contributed by atoms with Crippen molar-refractivity contribution in [3.05, 3.63) is 90.3 Å². The second-order valence-electron chi connectivity index (χ2n) is 6.83. The zero-order chi connectivity index (χ0) is 21.5. The lowest BCUT2D eigenvalue weighted by molar-refractivity contribution is -0.139. The Bertz CT molecular complexity index is 1020. The van der Waals surface area contributed by atoms with Crippen LogP contribution in [0.3, 0.4) is 0 Å². The molecule has 3 aromatic carbocycles. The van der Waals surface area contributed by atoms with Gasteiger partial charge >= 0.3 is 5.97 Å². The molecule has 0 heterocycles. The monoisotopic (exact) mass is 406 g/mol. The third-order valence-electron chi connectivity index (χ3n) is 4.35. The van der Waals surface area contributed by atoms with Gasteiger partial charge in [-0.25, -0.2) is 9.18 Å². The Hall–Kier alpha value is -3.60. The number of hydrogen-bond acceptors (Lipinski definition) is 4. The van der Waals surface area contributed by atoms with Crippen LogP contribution in [-0.4, -0.2) is 19.2 Å². The van der Waals surface area contributed by atoms with Gasteiger partial charge in [-0.2, -0.15) is 0 Å². The van der Waals surface area contributed by atoms with Crippen molar-refractivity contribution in [2.45, 2.75) is 13.8 Å². The van der Waals surface area contributed by atoms with Gasteiger partial charge < -0.3 is 14.2 Å². The molecule has 0 aromatic heterocycles. The van der Waals surface area contributed by atoms with Crippen molar-refractivity contribution in [3.8, 4) is 28.4 Å². The molecule has 0 aliphatic heterocycles. The molecule has 0 radical (unpaired) electrons. The fourth-order valence-electron chi connectivity index (χ4n) is 2.69. The summed E-state index contributed by atoms with van der Waals surface area (Å²) in [5, 5.41) is 0. The van der Waals surface area contributed by atoms with Crippen molar-refractivity contribution in [2.75, 3.05) is 13.2 Å². The fourth-order valence-corrected chi connectivity index (χ4v) is 2.69. The highest BCUT2D eigenvalue weighted by Crippen LogP contribution is 2.29. The first-order chi connectivity index (χ1) is 14.4. The number of rotatable bonds is 8. The minimum Gasteiger partial charge on any atom is -0.490 e. The van der Waals surface area contributed by atoms with E-state index in [-0.39, 0.29) is 19.0 Å². The van der Waals surface area contributed by atoms with Crippen LogP contribution in [0.25, 0.3) is 11.1 Å². The van der Waals surface area contributed by atoms with E-state index in [0.717, 1.165) is 16.7 Å². The molecule has 5 heteroatoms. The largest absolute Gasteiger partial charge is 0.490 e. The zero-order valence-electron chi connectivity index (χ0n) is 17.0. The fraction of sp³-hybridized carbons (Fsp3) is 0.160. The Morgan fingerprint density at radius 1 is 0.900 bits per heavy atom. The lowest BCUT2D eigenvalue weighted by Gasteiger charge is -2.10. The number of benzene rings is 3. The molecule has 0 amide bonds. The van der Waals surface area contributed by atoms with Gasteiger partial charge in [0.05, 0.1) is 0 Å². The second-order valence-corrected chi connectivity index (χ2v) is 6.83. The predicted molar refractivity (Wildman–Crippen MR) is 114 cm³/mol. The maximum absolute atomic E-state index is 13.4. The predicted octanol–water partition coefficient (Wildman–Crippen LogP) is 6.09. The van der Waals surface area contributed by atoms with Crippen LogP contribution >= 0.6 is 0 Å². The van der Waals surface area contributed by atoms with Crippen molar-refractivity contribution in [3.63, 3.8) is 0 Å². The third-order valence-corrected chi connectivity index (χ3v) is 4.35. The Morgan fingerprint density at radius 2 is 1.50 bits per heavy atom. The van der Waals surface area contributed by atoms with Crippen LogP contribution in [0.5, 0.6) is 17.2 Å². The quantitative estimate of drug-likeness (QED) is 0.258. The van der Waals surface area contributed by atoms with Gasteiger partial charge in [-0.05, 0) is 60.9 Å². The normalized spacial score (nSPS) is 10.4. The van der Waals surface area contributed by atoms with E-state index in [2.05, 4.69) is 6.58 Å². The number of carbonyl (C=O) groups is 1. The number of carbonyl (C=O) groups excluding carboxylic acids is 1. The summed E-state index contributed by atoms with van der Waals surface area (Å²) in [6.45, 7) is 7.43. The summed E-state index contributed by atoms with van der Waals surface area (Å²) in [4.78, 5) is 11.3. The SMILES string of the molecule is C=C(C)C(=O)OCCOc1ccc(-c2ccc(Oc3cc(F)ccc3C)cc2)cc1. The summed E-state index contributed by atoms with van der Waals surface area (Å²) in [6.07, 6.45) is 0. The van der Waals surface area contributed by atoms with E-state index in [1.165, 1.54) is 12.1 Å². The molecule has 3 rings (SSSR count). The van der Waals surface area contributed by atoms with E-state index in [0.29, 0.717) is 22.8 Å². The molecule has 0 atom stereocenters. The summed E-state index contributed by atoms with van der Waals surface area (Å²) in [5.74, 6) is 1.07. The number of aryl methyl sites for hydroxylation is 1. The molecule has 3 aromatic rings. The number of hydrogen-bond donors (Lipinski definition) is 0. The molecule has 0 saturated heterocycles. The molecule has 0 bridgehead atoms. The molecule has 0 N–H and O–H groups in total. The molecule has 0 fully saturated rings. The van der Waals surface area contributed by atoms with Gasteiger partial charge in [0, 0.05) is 11.6 Å². The summed E-state index contributed by atoms with van der Waals surface area (Å²) in [5.41, 5.74) is 3.26. The first-order valence-electron chi connectivity index (χ1n) is 9.52. The van der Waals surface area contributed by atoms with Crippen LogP contribution in [0.1, 0.15) is 12.5 Å². The lowest BCUT2D eigenvalue weighted by Crippen LogP contribution is -2.12. The first kappa shape index (κ1) is 21.1. The molecular weight excluding hydrogens is 383 g/mol. The van der Waals surface area contributed by atoms with Gasteiger partial charge in [0.1, 0.15) is 36.3 Å². The average molecular weight is 406 g/mol. The van der Waals surface area contributed by atoms with Gasteiger partial charge in [-0.15, -0.1) is 0 Å². The Labute approximate surface area is 175 Å². The van der Waals surface area contributed by atoms with Crippen LogP contribution < -0.4 is 9.47 Å². The highest BCUT2D eigenvalue weighted by molar-refractivity contribution is 5.86. The van der Waals surface area contributed by atoms with Crippen LogP contribution in [0.4, 0.5) is 4.39 Å². The third kappa shape index (κ3) is 5.70. The van der Waals surface area contributed by atoms with Crippen molar-refractivity contribution in [2.24, 2.45) is 0 Å². The van der Waals surface area contributed by atoms with E-state index >= 15 is 0 Å². The Balaban J connectivity index is 1.56. The first-order valence-corrected chi connectivity index (χ1v) is 9.52. The zero-order valence-corrected chi connectivity index (χ0v) is 17.0. The van der Waals surface area contributed by atoms with Crippen molar-refractivity contribution < 1.29 is 23.4 Å². The molecule has 4 nitrogen and oxygen atoms in total. The highest BCUT2D eigenvalue weighted by Gasteiger charge is 2.05. The van der Waals surface area contributed by atoms with Gasteiger partial charge in [-0.3, -0.25) is 0 Å². The summed E-state index contributed by atoms with van der Waals surface area (Å²) in [7, 11) is 0. The summed E-state index contributed by atoms with van der Waals surface area (Å²) < 4.78 is 29.8. The molecule has 154 valence electrons. The van der Waals surface area contributed by atoms with Crippen LogP contribution in [0, 0.1) is 12.7 Å². The second kappa shape index (κ2) is 9.74. The lowest BCUT2D eigenvalue weighted by atomic mass is 10.1. The van der Waals surface area contributed by atoms with Gasteiger partial charge in [0.2, 0.25) is 0 Å².